The minimum Gasteiger partial charge on any atom is -0.494 e. The van der Waals surface area contributed by atoms with Gasteiger partial charge in [0.25, 0.3) is 5.91 Å². The number of aromatic nitrogens is 2. The zero-order valence-electron chi connectivity index (χ0n) is 19.4. The maximum absolute atomic E-state index is 13.6. The van der Waals surface area contributed by atoms with Gasteiger partial charge in [0.15, 0.2) is 5.69 Å². The molecule has 1 atom stereocenters. The summed E-state index contributed by atoms with van der Waals surface area (Å²) in [5, 5.41) is 7.09. The van der Waals surface area contributed by atoms with Gasteiger partial charge < -0.3 is 19.5 Å². The largest absolute Gasteiger partial charge is 0.494 e. The summed E-state index contributed by atoms with van der Waals surface area (Å²) in [5.74, 6) is -0.773. The molecule has 0 bridgehead atoms. The van der Waals surface area contributed by atoms with Crippen molar-refractivity contribution < 1.29 is 28.6 Å². The Kier molecular flexibility index (Phi) is 7.70. The minimum absolute atomic E-state index is 0.0212. The number of anilines is 1. The molecule has 0 spiro atoms. The fourth-order valence-corrected chi connectivity index (χ4v) is 3.72. The lowest BCUT2D eigenvalue weighted by molar-refractivity contribution is -0.126. The lowest BCUT2D eigenvalue weighted by Crippen LogP contribution is -2.64. The van der Waals surface area contributed by atoms with E-state index in [-0.39, 0.29) is 30.4 Å². The van der Waals surface area contributed by atoms with Crippen LogP contribution in [0.2, 0.25) is 0 Å². The standard InChI is InChI=1S/C23H30N4O6/c1-5-31-13-12-24-22(30)23(4)15-26-19(14-18(25-26)21(29)33-7-3)20(28)27(23)16-8-10-17(11-9-16)32-6-2/h8-11,14H,5-7,12-13,15H2,1-4H3,(H,24,30). The fourth-order valence-electron chi connectivity index (χ4n) is 3.72. The summed E-state index contributed by atoms with van der Waals surface area (Å²) >= 11 is 0. The molecule has 1 aromatic heterocycles. The smallest absolute Gasteiger partial charge is 0.358 e. The number of ether oxygens (including phenoxy) is 3. The van der Waals surface area contributed by atoms with Gasteiger partial charge in [0.05, 0.1) is 26.4 Å². The highest BCUT2D eigenvalue weighted by molar-refractivity contribution is 6.12. The van der Waals surface area contributed by atoms with Crippen LogP contribution in [-0.2, 0) is 20.8 Å². The molecule has 1 unspecified atom stereocenters. The van der Waals surface area contributed by atoms with Gasteiger partial charge in [-0.3, -0.25) is 19.2 Å². The molecule has 2 aromatic rings. The van der Waals surface area contributed by atoms with E-state index in [0.717, 1.165) is 0 Å². The molecular weight excluding hydrogens is 428 g/mol. The Morgan fingerprint density at radius 3 is 2.48 bits per heavy atom. The quantitative estimate of drug-likeness (QED) is 0.428. The Labute approximate surface area is 192 Å². The number of hydrogen-bond acceptors (Lipinski definition) is 7. The van der Waals surface area contributed by atoms with Crippen LogP contribution in [0.5, 0.6) is 5.75 Å². The molecule has 178 valence electrons. The predicted octanol–water partition coefficient (Wildman–Crippen LogP) is 2.03. The lowest BCUT2D eigenvalue weighted by atomic mass is 9.94. The molecule has 1 aromatic carbocycles. The molecule has 2 heterocycles. The number of esters is 1. The highest BCUT2D eigenvalue weighted by Crippen LogP contribution is 2.33. The molecule has 0 saturated heterocycles. The number of carbonyl (C=O) groups is 3. The van der Waals surface area contributed by atoms with Gasteiger partial charge in [-0.2, -0.15) is 5.10 Å². The molecule has 1 N–H and O–H groups in total. The van der Waals surface area contributed by atoms with Crippen LogP contribution in [0.15, 0.2) is 30.3 Å². The Bertz CT molecular complexity index is 1000. The predicted molar refractivity (Wildman–Crippen MR) is 121 cm³/mol. The van der Waals surface area contributed by atoms with E-state index in [4.69, 9.17) is 14.2 Å². The summed E-state index contributed by atoms with van der Waals surface area (Å²) < 4.78 is 17.2. The summed E-state index contributed by atoms with van der Waals surface area (Å²) in [7, 11) is 0. The lowest BCUT2D eigenvalue weighted by Gasteiger charge is -2.43. The van der Waals surface area contributed by atoms with Crippen LogP contribution in [0, 0.1) is 0 Å². The van der Waals surface area contributed by atoms with Gasteiger partial charge >= 0.3 is 5.97 Å². The highest BCUT2D eigenvalue weighted by atomic mass is 16.5. The number of nitrogens with zero attached hydrogens (tertiary/aromatic N) is 3. The molecule has 0 saturated carbocycles. The number of carbonyl (C=O) groups excluding carboxylic acids is 3. The molecule has 0 fully saturated rings. The maximum atomic E-state index is 13.6. The van der Waals surface area contributed by atoms with Crippen LogP contribution in [0.1, 0.15) is 48.7 Å². The molecule has 33 heavy (non-hydrogen) atoms. The van der Waals surface area contributed by atoms with Crippen LogP contribution in [0.4, 0.5) is 5.69 Å². The van der Waals surface area contributed by atoms with Gasteiger partial charge in [0, 0.05) is 24.9 Å². The van der Waals surface area contributed by atoms with Crippen LogP contribution < -0.4 is 15.0 Å². The van der Waals surface area contributed by atoms with E-state index in [1.54, 1.807) is 38.1 Å². The molecule has 0 radical (unpaired) electrons. The Morgan fingerprint density at radius 2 is 1.85 bits per heavy atom. The van der Waals surface area contributed by atoms with Crippen molar-refractivity contribution in [1.29, 1.82) is 0 Å². The van der Waals surface area contributed by atoms with Crippen LogP contribution in [-0.4, -0.2) is 66.1 Å². The van der Waals surface area contributed by atoms with E-state index in [1.165, 1.54) is 15.6 Å². The van der Waals surface area contributed by atoms with Crippen molar-refractivity contribution in [1.82, 2.24) is 15.1 Å². The van der Waals surface area contributed by atoms with Gasteiger partial charge in [-0.05, 0) is 52.0 Å². The Morgan fingerprint density at radius 1 is 1.12 bits per heavy atom. The maximum Gasteiger partial charge on any atom is 0.358 e. The molecule has 10 nitrogen and oxygen atoms in total. The van der Waals surface area contributed by atoms with Crippen molar-refractivity contribution in [2.75, 3.05) is 37.9 Å². The second-order valence-corrected chi connectivity index (χ2v) is 7.59. The van der Waals surface area contributed by atoms with Crippen molar-refractivity contribution in [3.05, 3.63) is 41.7 Å². The number of benzene rings is 1. The molecule has 1 aliphatic heterocycles. The molecule has 3 rings (SSSR count). The average molecular weight is 459 g/mol. The number of fused-ring (bicyclic) bond motifs is 1. The summed E-state index contributed by atoms with van der Waals surface area (Å²) in [6.45, 7) is 9.07. The third-order valence-corrected chi connectivity index (χ3v) is 5.27. The normalized spacial score (nSPS) is 17.5. The van der Waals surface area contributed by atoms with Crippen molar-refractivity contribution >= 4 is 23.5 Å². The zero-order valence-corrected chi connectivity index (χ0v) is 19.4. The van der Waals surface area contributed by atoms with E-state index < -0.39 is 17.4 Å². The van der Waals surface area contributed by atoms with Crippen molar-refractivity contribution in [2.45, 2.75) is 39.8 Å². The van der Waals surface area contributed by atoms with Gasteiger partial charge in [-0.1, -0.05) is 0 Å². The molecule has 1 aliphatic rings. The topological polar surface area (TPSA) is 112 Å². The van der Waals surface area contributed by atoms with E-state index >= 15 is 0 Å². The SMILES string of the molecule is CCOCCNC(=O)C1(C)Cn2nc(C(=O)OCC)cc2C(=O)N1c1ccc(OCC)cc1. The second-order valence-electron chi connectivity index (χ2n) is 7.59. The first-order valence-electron chi connectivity index (χ1n) is 11.0. The molecule has 0 aliphatic carbocycles. The first-order chi connectivity index (χ1) is 15.8. The van der Waals surface area contributed by atoms with Crippen molar-refractivity contribution in [2.24, 2.45) is 0 Å². The number of amides is 2. The van der Waals surface area contributed by atoms with Crippen molar-refractivity contribution in [3.8, 4) is 5.75 Å². The molecule has 2 amide bonds. The first kappa shape index (κ1) is 24.2. The molecule has 10 heteroatoms. The fraction of sp³-hybridized carbons (Fsp3) is 0.478. The van der Waals surface area contributed by atoms with Gasteiger partial charge in [0.2, 0.25) is 5.91 Å². The summed E-state index contributed by atoms with van der Waals surface area (Å²) in [4.78, 5) is 40.5. The molecular formula is C23H30N4O6. The van der Waals surface area contributed by atoms with Crippen LogP contribution >= 0.6 is 0 Å². The first-order valence-corrected chi connectivity index (χ1v) is 11.0. The van der Waals surface area contributed by atoms with Gasteiger partial charge in [-0.15, -0.1) is 0 Å². The number of rotatable bonds is 10. The minimum atomic E-state index is -1.30. The zero-order chi connectivity index (χ0) is 24.0. The summed E-state index contributed by atoms with van der Waals surface area (Å²) in [5.41, 5.74) is -0.558. The highest BCUT2D eigenvalue weighted by Gasteiger charge is 2.49. The average Bonchev–Trinajstić information content (AvgIpc) is 3.22. The monoisotopic (exact) mass is 458 g/mol. The third-order valence-electron chi connectivity index (χ3n) is 5.27. The third kappa shape index (κ3) is 5.00. The van der Waals surface area contributed by atoms with Gasteiger partial charge in [0.1, 0.15) is 17.0 Å². The summed E-state index contributed by atoms with van der Waals surface area (Å²) in [6.07, 6.45) is 0. The van der Waals surface area contributed by atoms with Gasteiger partial charge in [-0.25, -0.2) is 4.79 Å². The Balaban J connectivity index is 1.99. The van der Waals surface area contributed by atoms with E-state index in [2.05, 4.69) is 10.4 Å². The van der Waals surface area contributed by atoms with Crippen molar-refractivity contribution in [3.63, 3.8) is 0 Å². The number of hydrogen-bond donors (Lipinski definition) is 1. The van der Waals surface area contributed by atoms with E-state index in [1.807, 2.05) is 13.8 Å². The van der Waals surface area contributed by atoms with E-state index in [0.29, 0.717) is 37.8 Å². The Hall–Kier alpha value is -3.40. The summed E-state index contributed by atoms with van der Waals surface area (Å²) in [6, 6.07) is 8.35. The number of nitrogens with one attached hydrogen (secondary N) is 1. The van der Waals surface area contributed by atoms with Crippen LogP contribution in [0.3, 0.4) is 0 Å². The van der Waals surface area contributed by atoms with Crippen LogP contribution in [0.25, 0.3) is 0 Å². The second kappa shape index (κ2) is 10.5. The van der Waals surface area contributed by atoms with E-state index in [9.17, 15) is 14.4 Å².